The molecule has 0 atom stereocenters. The van der Waals surface area contributed by atoms with Crippen molar-refractivity contribution < 1.29 is 17.6 Å². The second-order valence-corrected chi connectivity index (χ2v) is 3.69. The summed E-state index contributed by atoms with van der Waals surface area (Å²) in [6, 6.07) is 6.74. The van der Waals surface area contributed by atoms with E-state index >= 15 is 0 Å². The summed E-state index contributed by atoms with van der Waals surface area (Å²) >= 11 is 0. The van der Waals surface area contributed by atoms with Gasteiger partial charge < -0.3 is 5.32 Å². The first kappa shape index (κ1) is 13.3. The minimum atomic E-state index is -4.69. The Hall–Kier alpha value is -2.18. The SMILES string of the molecule is CNc1cc(-c2ccccc2F)nc(C(F)(F)F)n1. The molecule has 0 bridgehead atoms. The van der Waals surface area contributed by atoms with Crippen molar-refractivity contribution in [3.05, 3.63) is 42.0 Å². The lowest BCUT2D eigenvalue weighted by atomic mass is 10.1. The standard InChI is InChI=1S/C12H9F4N3/c1-17-10-6-9(7-4-2-3-5-8(7)13)18-11(19-10)12(14,15)16/h2-6H,1H3,(H,17,18,19). The number of anilines is 1. The van der Waals surface area contributed by atoms with Gasteiger partial charge in [0, 0.05) is 18.7 Å². The van der Waals surface area contributed by atoms with E-state index in [1.165, 1.54) is 31.3 Å². The number of alkyl halides is 3. The second-order valence-electron chi connectivity index (χ2n) is 3.69. The second kappa shape index (κ2) is 4.83. The van der Waals surface area contributed by atoms with Crippen molar-refractivity contribution in [2.45, 2.75) is 6.18 Å². The van der Waals surface area contributed by atoms with Crippen molar-refractivity contribution in [2.24, 2.45) is 0 Å². The number of nitrogens with one attached hydrogen (secondary N) is 1. The maximum atomic E-state index is 13.6. The van der Waals surface area contributed by atoms with Crippen LogP contribution < -0.4 is 5.32 Å². The number of hydrogen-bond donors (Lipinski definition) is 1. The van der Waals surface area contributed by atoms with Crippen LogP contribution in [0.25, 0.3) is 11.3 Å². The fourth-order valence-electron chi connectivity index (χ4n) is 1.51. The highest BCUT2D eigenvalue weighted by Gasteiger charge is 2.35. The molecule has 2 rings (SSSR count). The average molecular weight is 271 g/mol. The molecule has 0 aliphatic rings. The van der Waals surface area contributed by atoms with Crippen LogP contribution in [0.5, 0.6) is 0 Å². The number of rotatable bonds is 2. The van der Waals surface area contributed by atoms with Crippen LogP contribution in [0.1, 0.15) is 5.82 Å². The molecule has 7 heteroatoms. The molecule has 0 aliphatic heterocycles. The lowest BCUT2D eigenvalue weighted by Crippen LogP contribution is -2.13. The van der Waals surface area contributed by atoms with E-state index in [2.05, 4.69) is 15.3 Å². The maximum absolute atomic E-state index is 13.6. The van der Waals surface area contributed by atoms with Crippen LogP contribution in [0.2, 0.25) is 0 Å². The molecule has 1 aromatic heterocycles. The Morgan fingerprint density at radius 3 is 2.37 bits per heavy atom. The monoisotopic (exact) mass is 271 g/mol. The van der Waals surface area contributed by atoms with Crippen molar-refractivity contribution in [2.75, 3.05) is 12.4 Å². The van der Waals surface area contributed by atoms with E-state index < -0.39 is 17.8 Å². The molecule has 0 spiro atoms. The van der Waals surface area contributed by atoms with E-state index in [1.54, 1.807) is 0 Å². The molecule has 2 aromatic rings. The molecule has 1 heterocycles. The quantitative estimate of drug-likeness (QED) is 0.851. The zero-order valence-corrected chi connectivity index (χ0v) is 9.79. The summed E-state index contributed by atoms with van der Waals surface area (Å²) in [5.74, 6) is -1.98. The first-order valence-electron chi connectivity index (χ1n) is 5.31. The smallest absolute Gasteiger partial charge is 0.373 e. The Morgan fingerprint density at radius 1 is 1.11 bits per heavy atom. The van der Waals surface area contributed by atoms with Crippen LogP contribution in [0.4, 0.5) is 23.4 Å². The molecule has 0 radical (unpaired) electrons. The molecule has 0 fully saturated rings. The van der Waals surface area contributed by atoms with Gasteiger partial charge in [-0.05, 0) is 12.1 Å². The molecule has 19 heavy (non-hydrogen) atoms. The van der Waals surface area contributed by atoms with E-state index in [4.69, 9.17) is 0 Å². The first-order valence-corrected chi connectivity index (χ1v) is 5.31. The van der Waals surface area contributed by atoms with Gasteiger partial charge in [-0.3, -0.25) is 0 Å². The van der Waals surface area contributed by atoms with Crippen LogP contribution in [-0.4, -0.2) is 17.0 Å². The van der Waals surface area contributed by atoms with Gasteiger partial charge in [-0.1, -0.05) is 12.1 Å². The van der Waals surface area contributed by atoms with Gasteiger partial charge >= 0.3 is 6.18 Å². The van der Waals surface area contributed by atoms with Crippen molar-refractivity contribution in [1.29, 1.82) is 0 Å². The summed E-state index contributed by atoms with van der Waals surface area (Å²) in [5.41, 5.74) is -0.128. The average Bonchev–Trinajstić information content (AvgIpc) is 2.37. The molecule has 0 amide bonds. The fourth-order valence-corrected chi connectivity index (χ4v) is 1.51. The zero-order chi connectivity index (χ0) is 14.0. The molecule has 0 aliphatic carbocycles. The topological polar surface area (TPSA) is 37.8 Å². The molecule has 0 saturated heterocycles. The van der Waals surface area contributed by atoms with E-state index in [0.29, 0.717) is 0 Å². The third kappa shape index (κ3) is 2.81. The third-order valence-electron chi connectivity index (χ3n) is 2.39. The Kier molecular flexibility index (Phi) is 3.37. The lowest BCUT2D eigenvalue weighted by Gasteiger charge is -2.10. The van der Waals surface area contributed by atoms with Crippen molar-refractivity contribution >= 4 is 5.82 Å². The summed E-state index contributed by atoms with van der Waals surface area (Å²) in [6.45, 7) is 0. The molecule has 0 saturated carbocycles. The van der Waals surface area contributed by atoms with Crippen LogP contribution >= 0.6 is 0 Å². The van der Waals surface area contributed by atoms with E-state index in [0.717, 1.165) is 6.07 Å². The van der Waals surface area contributed by atoms with Gasteiger partial charge in [0.1, 0.15) is 11.6 Å². The van der Waals surface area contributed by atoms with Gasteiger partial charge in [0.2, 0.25) is 5.82 Å². The highest BCUT2D eigenvalue weighted by Crippen LogP contribution is 2.30. The van der Waals surface area contributed by atoms with Crippen LogP contribution in [-0.2, 0) is 6.18 Å². The van der Waals surface area contributed by atoms with Crippen LogP contribution in [0.3, 0.4) is 0 Å². The van der Waals surface area contributed by atoms with Gasteiger partial charge in [-0.2, -0.15) is 13.2 Å². The van der Waals surface area contributed by atoms with Gasteiger partial charge in [0.15, 0.2) is 0 Å². The number of nitrogens with zero attached hydrogens (tertiary/aromatic N) is 2. The molecule has 0 unspecified atom stereocenters. The predicted molar refractivity (Wildman–Crippen MR) is 62.0 cm³/mol. The van der Waals surface area contributed by atoms with E-state index in [-0.39, 0.29) is 17.1 Å². The van der Waals surface area contributed by atoms with Gasteiger partial charge in [0.05, 0.1) is 5.69 Å². The molecule has 100 valence electrons. The molecule has 1 N–H and O–H groups in total. The number of benzene rings is 1. The largest absolute Gasteiger partial charge is 0.451 e. The number of halogens is 4. The van der Waals surface area contributed by atoms with Gasteiger partial charge in [-0.15, -0.1) is 0 Å². The highest BCUT2D eigenvalue weighted by molar-refractivity contribution is 5.63. The maximum Gasteiger partial charge on any atom is 0.451 e. The zero-order valence-electron chi connectivity index (χ0n) is 9.79. The minimum absolute atomic E-state index is 0.00750. The summed E-state index contributed by atoms with van der Waals surface area (Å²) < 4.78 is 51.5. The molecule has 3 nitrogen and oxygen atoms in total. The third-order valence-corrected chi connectivity index (χ3v) is 2.39. The Balaban J connectivity index is 2.61. The summed E-state index contributed by atoms with van der Waals surface area (Å²) in [7, 11) is 1.42. The fraction of sp³-hybridized carbons (Fsp3) is 0.167. The van der Waals surface area contributed by atoms with Gasteiger partial charge in [0.25, 0.3) is 0 Å². The minimum Gasteiger partial charge on any atom is -0.373 e. The van der Waals surface area contributed by atoms with Crippen LogP contribution in [0, 0.1) is 5.82 Å². The summed E-state index contributed by atoms with van der Waals surface area (Å²) in [5, 5.41) is 2.50. The van der Waals surface area contributed by atoms with E-state index in [1.807, 2.05) is 0 Å². The Bertz CT molecular complexity index is 596. The van der Waals surface area contributed by atoms with Crippen molar-refractivity contribution in [3.8, 4) is 11.3 Å². The van der Waals surface area contributed by atoms with Crippen LogP contribution in [0.15, 0.2) is 30.3 Å². The molecule has 1 aromatic carbocycles. The van der Waals surface area contributed by atoms with Crippen molar-refractivity contribution in [1.82, 2.24) is 9.97 Å². The summed E-state index contributed by atoms with van der Waals surface area (Å²) in [6.07, 6.45) is -4.69. The summed E-state index contributed by atoms with van der Waals surface area (Å²) in [4.78, 5) is 6.68. The highest BCUT2D eigenvalue weighted by atomic mass is 19.4. The number of aromatic nitrogens is 2. The lowest BCUT2D eigenvalue weighted by molar-refractivity contribution is -0.144. The first-order chi connectivity index (χ1) is 8.91. The Morgan fingerprint density at radius 2 is 1.79 bits per heavy atom. The van der Waals surface area contributed by atoms with Gasteiger partial charge in [-0.25, -0.2) is 14.4 Å². The number of hydrogen-bond acceptors (Lipinski definition) is 3. The predicted octanol–water partition coefficient (Wildman–Crippen LogP) is 3.34. The normalized spacial score (nSPS) is 11.4. The Labute approximate surface area is 106 Å². The molecular weight excluding hydrogens is 262 g/mol. The molecular formula is C12H9F4N3. The van der Waals surface area contributed by atoms with E-state index in [9.17, 15) is 17.6 Å². The van der Waals surface area contributed by atoms with Crippen molar-refractivity contribution in [3.63, 3.8) is 0 Å².